The summed E-state index contributed by atoms with van der Waals surface area (Å²) in [5, 5.41) is 12.0. The maximum Gasteiger partial charge on any atom is 0.194 e. The Bertz CT molecular complexity index is 949. The molecule has 2 aromatic heterocycles. The molecule has 0 atom stereocenters. The normalized spacial score (nSPS) is 15.1. The Hall–Kier alpha value is -2.20. The van der Waals surface area contributed by atoms with Crippen LogP contribution in [0.15, 0.2) is 59.7 Å². The van der Waals surface area contributed by atoms with Crippen molar-refractivity contribution in [2.45, 2.75) is 26.3 Å². The molecule has 1 aliphatic heterocycles. The lowest BCUT2D eigenvalue weighted by atomic mass is 10.2. The minimum absolute atomic E-state index is 0. The van der Waals surface area contributed by atoms with Crippen molar-refractivity contribution in [2.24, 2.45) is 4.99 Å². The lowest BCUT2D eigenvalue weighted by Crippen LogP contribution is -2.52. The number of aryl methyl sites for hydroxylation is 1. The van der Waals surface area contributed by atoms with Gasteiger partial charge in [0.1, 0.15) is 5.82 Å². The summed E-state index contributed by atoms with van der Waals surface area (Å²) in [6.07, 6.45) is 3.85. The fourth-order valence-electron chi connectivity index (χ4n) is 3.87. The first kappa shape index (κ1) is 23.5. The number of rotatable bonds is 7. The minimum atomic E-state index is 0. The van der Waals surface area contributed by atoms with Gasteiger partial charge in [-0.2, -0.15) is 0 Å². The second-order valence-electron chi connectivity index (χ2n) is 7.63. The Kier molecular flexibility index (Phi) is 9.08. The molecule has 0 unspecified atom stereocenters. The Morgan fingerprint density at radius 1 is 1.00 bits per heavy atom. The van der Waals surface area contributed by atoms with E-state index in [9.17, 15) is 0 Å². The molecule has 166 valence electrons. The monoisotopic (exact) mass is 533 g/mol. The average molecular weight is 533 g/mol. The molecule has 0 amide bonds. The number of guanidine groups is 1. The quantitative estimate of drug-likeness (QED) is 0.219. The molecule has 0 saturated carbocycles. The third-order valence-electron chi connectivity index (χ3n) is 5.46. The maximum atomic E-state index is 4.88. The van der Waals surface area contributed by atoms with Crippen LogP contribution in [0, 0.1) is 0 Å². The van der Waals surface area contributed by atoms with E-state index in [2.05, 4.69) is 67.0 Å². The molecule has 0 bridgehead atoms. The summed E-state index contributed by atoms with van der Waals surface area (Å²) in [6, 6.07) is 16.7. The summed E-state index contributed by atoms with van der Waals surface area (Å²) in [5.74, 6) is 2.03. The zero-order valence-electron chi connectivity index (χ0n) is 18.2. The van der Waals surface area contributed by atoms with Crippen LogP contribution in [0.1, 0.15) is 24.7 Å². The Morgan fingerprint density at radius 2 is 1.77 bits per heavy atom. The third-order valence-corrected chi connectivity index (χ3v) is 5.46. The van der Waals surface area contributed by atoms with Crippen molar-refractivity contribution in [2.75, 3.05) is 39.3 Å². The van der Waals surface area contributed by atoms with Crippen LogP contribution in [-0.4, -0.2) is 69.6 Å². The van der Waals surface area contributed by atoms with Crippen LogP contribution >= 0.6 is 24.0 Å². The number of fused-ring (bicyclic) bond motifs is 1. The molecule has 7 nitrogen and oxygen atoms in total. The smallest absolute Gasteiger partial charge is 0.194 e. The van der Waals surface area contributed by atoms with Crippen LogP contribution in [0.3, 0.4) is 0 Å². The van der Waals surface area contributed by atoms with E-state index in [1.165, 1.54) is 5.56 Å². The lowest BCUT2D eigenvalue weighted by Gasteiger charge is -2.36. The highest BCUT2D eigenvalue weighted by Crippen LogP contribution is 2.09. The first-order valence-electron chi connectivity index (χ1n) is 10.9. The fraction of sp³-hybridized carbons (Fsp3) is 0.435. The first-order chi connectivity index (χ1) is 14.8. The van der Waals surface area contributed by atoms with Gasteiger partial charge in [0.25, 0.3) is 0 Å². The van der Waals surface area contributed by atoms with Gasteiger partial charge in [0, 0.05) is 58.4 Å². The summed E-state index contributed by atoms with van der Waals surface area (Å²) >= 11 is 0. The van der Waals surface area contributed by atoms with Gasteiger partial charge < -0.3 is 10.2 Å². The van der Waals surface area contributed by atoms with Crippen molar-refractivity contribution in [3.05, 3.63) is 66.1 Å². The Balaban J connectivity index is 0.00000272. The van der Waals surface area contributed by atoms with Crippen molar-refractivity contribution in [3.63, 3.8) is 0 Å². The highest BCUT2D eigenvalue weighted by Gasteiger charge is 2.19. The minimum Gasteiger partial charge on any atom is -0.357 e. The molecule has 3 heterocycles. The van der Waals surface area contributed by atoms with Crippen molar-refractivity contribution in [1.29, 1.82) is 0 Å². The number of benzene rings is 1. The standard InChI is InChI=1S/C23H31N7.HI/c1-2-24-23(25-13-8-12-22-27-26-21-11-6-7-14-30(21)22)29-17-15-28(16-18-29)19-20-9-4-3-5-10-20;/h3-7,9-11,14H,2,8,12-13,15-19H2,1H3,(H,24,25);1H. The number of halogens is 1. The second-order valence-corrected chi connectivity index (χ2v) is 7.63. The summed E-state index contributed by atoms with van der Waals surface area (Å²) in [4.78, 5) is 9.79. The number of nitrogens with one attached hydrogen (secondary N) is 1. The molecule has 0 spiro atoms. The van der Waals surface area contributed by atoms with E-state index in [1.807, 2.05) is 24.4 Å². The SMILES string of the molecule is CCNC(=NCCCc1nnc2ccccn12)N1CCN(Cc2ccccc2)CC1.I. The third kappa shape index (κ3) is 6.39. The molecule has 0 radical (unpaired) electrons. The molecule has 3 aromatic rings. The van der Waals surface area contributed by atoms with Gasteiger partial charge >= 0.3 is 0 Å². The molecule has 1 N–H and O–H groups in total. The molecule has 1 aliphatic rings. The molecule has 8 heteroatoms. The van der Waals surface area contributed by atoms with Crippen LogP contribution in [0.2, 0.25) is 0 Å². The van der Waals surface area contributed by atoms with Crippen molar-refractivity contribution < 1.29 is 0 Å². The molecule has 4 rings (SSSR count). The lowest BCUT2D eigenvalue weighted by molar-refractivity contribution is 0.172. The Labute approximate surface area is 201 Å². The van der Waals surface area contributed by atoms with E-state index < -0.39 is 0 Å². The van der Waals surface area contributed by atoms with E-state index in [0.717, 1.165) is 76.1 Å². The average Bonchev–Trinajstić information content (AvgIpc) is 3.20. The van der Waals surface area contributed by atoms with Gasteiger partial charge in [-0.1, -0.05) is 36.4 Å². The van der Waals surface area contributed by atoms with Gasteiger partial charge in [-0.05, 0) is 31.0 Å². The largest absolute Gasteiger partial charge is 0.357 e. The van der Waals surface area contributed by atoms with Gasteiger partial charge in [0.05, 0.1) is 0 Å². The van der Waals surface area contributed by atoms with Crippen LogP contribution in [0.25, 0.3) is 5.65 Å². The molecular weight excluding hydrogens is 501 g/mol. The number of aliphatic imine (C=N–C) groups is 1. The van der Waals surface area contributed by atoms with Crippen LogP contribution in [0.4, 0.5) is 0 Å². The topological polar surface area (TPSA) is 61.1 Å². The van der Waals surface area contributed by atoms with Crippen molar-refractivity contribution in [1.82, 2.24) is 29.7 Å². The zero-order valence-corrected chi connectivity index (χ0v) is 20.5. The predicted octanol–water partition coefficient (Wildman–Crippen LogP) is 3.06. The summed E-state index contributed by atoms with van der Waals surface area (Å²) in [6.45, 7) is 8.96. The molecule has 1 fully saturated rings. The highest BCUT2D eigenvalue weighted by atomic mass is 127. The zero-order chi connectivity index (χ0) is 20.6. The Morgan fingerprint density at radius 3 is 2.55 bits per heavy atom. The van der Waals surface area contributed by atoms with E-state index in [4.69, 9.17) is 4.99 Å². The van der Waals surface area contributed by atoms with E-state index in [0.29, 0.717) is 0 Å². The van der Waals surface area contributed by atoms with Crippen molar-refractivity contribution >= 4 is 35.6 Å². The van der Waals surface area contributed by atoms with Gasteiger partial charge in [-0.3, -0.25) is 14.3 Å². The number of hydrogen-bond acceptors (Lipinski definition) is 4. The molecular formula is C23H32IN7. The number of pyridine rings is 1. The van der Waals surface area contributed by atoms with Gasteiger partial charge in [0.15, 0.2) is 11.6 Å². The van der Waals surface area contributed by atoms with Crippen LogP contribution in [-0.2, 0) is 13.0 Å². The number of nitrogens with zero attached hydrogens (tertiary/aromatic N) is 6. The molecule has 1 aromatic carbocycles. The molecule has 0 aliphatic carbocycles. The van der Waals surface area contributed by atoms with Gasteiger partial charge in [0.2, 0.25) is 0 Å². The highest BCUT2D eigenvalue weighted by molar-refractivity contribution is 14.0. The summed E-state index contributed by atoms with van der Waals surface area (Å²) in [5.41, 5.74) is 2.28. The number of piperazine rings is 1. The second kappa shape index (κ2) is 12.0. The molecule has 31 heavy (non-hydrogen) atoms. The first-order valence-corrected chi connectivity index (χ1v) is 10.9. The van der Waals surface area contributed by atoms with E-state index in [1.54, 1.807) is 0 Å². The van der Waals surface area contributed by atoms with Gasteiger partial charge in [-0.25, -0.2) is 0 Å². The maximum absolute atomic E-state index is 4.88. The van der Waals surface area contributed by atoms with Gasteiger partial charge in [-0.15, -0.1) is 34.2 Å². The summed E-state index contributed by atoms with van der Waals surface area (Å²) < 4.78 is 2.06. The van der Waals surface area contributed by atoms with Crippen molar-refractivity contribution in [3.8, 4) is 0 Å². The number of hydrogen-bond donors (Lipinski definition) is 1. The van der Waals surface area contributed by atoms with Crippen LogP contribution in [0.5, 0.6) is 0 Å². The fourth-order valence-corrected chi connectivity index (χ4v) is 3.87. The molecule has 1 saturated heterocycles. The van der Waals surface area contributed by atoms with E-state index in [-0.39, 0.29) is 24.0 Å². The van der Waals surface area contributed by atoms with Crippen LogP contribution < -0.4 is 5.32 Å². The van der Waals surface area contributed by atoms with E-state index >= 15 is 0 Å². The summed E-state index contributed by atoms with van der Waals surface area (Å²) in [7, 11) is 0. The predicted molar refractivity (Wildman–Crippen MR) is 136 cm³/mol. The number of aromatic nitrogens is 3.